The maximum absolute atomic E-state index is 6.14. The molecule has 0 saturated carbocycles. The van der Waals surface area contributed by atoms with E-state index in [2.05, 4.69) is 15.9 Å². The summed E-state index contributed by atoms with van der Waals surface area (Å²) in [5, 5.41) is 2.59. The standard InChI is InChI=1S/C14H10BrCl3O/c15-7-9-1-4-14(13(18)5-9)19-8-10-6-11(16)2-3-12(10)17/h1-6H,7-8H2. The molecule has 0 N–H and O–H groups in total. The molecule has 0 unspecified atom stereocenters. The molecular formula is C14H10BrCl3O. The number of hydrogen-bond donors (Lipinski definition) is 0. The minimum Gasteiger partial charge on any atom is -0.487 e. The average Bonchev–Trinajstić information content (AvgIpc) is 2.40. The summed E-state index contributed by atoms with van der Waals surface area (Å²) < 4.78 is 5.67. The third-order valence-corrected chi connectivity index (χ3v) is 4.09. The van der Waals surface area contributed by atoms with Crippen LogP contribution in [0.5, 0.6) is 5.75 Å². The van der Waals surface area contributed by atoms with Crippen molar-refractivity contribution in [2.24, 2.45) is 0 Å². The van der Waals surface area contributed by atoms with E-state index >= 15 is 0 Å². The number of benzene rings is 2. The second-order valence-electron chi connectivity index (χ2n) is 3.92. The molecule has 5 heteroatoms. The SMILES string of the molecule is Clc1ccc(Cl)c(COc2ccc(CBr)cc2Cl)c1. The predicted octanol–water partition coefficient (Wildman–Crippen LogP) is 6.12. The van der Waals surface area contributed by atoms with E-state index < -0.39 is 0 Å². The van der Waals surface area contributed by atoms with Crippen molar-refractivity contribution in [3.8, 4) is 5.75 Å². The summed E-state index contributed by atoms with van der Waals surface area (Å²) in [5.74, 6) is 0.627. The summed E-state index contributed by atoms with van der Waals surface area (Å²) in [6.07, 6.45) is 0. The summed E-state index contributed by atoms with van der Waals surface area (Å²) in [7, 11) is 0. The Hall–Kier alpha value is -0.410. The van der Waals surface area contributed by atoms with Crippen molar-refractivity contribution in [3.05, 3.63) is 62.6 Å². The van der Waals surface area contributed by atoms with Crippen LogP contribution < -0.4 is 4.74 Å². The quantitative estimate of drug-likeness (QED) is 0.581. The molecule has 2 aromatic rings. The fraction of sp³-hybridized carbons (Fsp3) is 0.143. The van der Waals surface area contributed by atoms with Gasteiger partial charge in [0.25, 0.3) is 0 Å². The van der Waals surface area contributed by atoms with Crippen LogP contribution in [-0.4, -0.2) is 0 Å². The predicted molar refractivity (Wildman–Crippen MR) is 84.9 cm³/mol. The van der Waals surface area contributed by atoms with Gasteiger partial charge in [0.15, 0.2) is 0 Å². The first kappa shape index (κ1) is 15.0. The number of alkyl halides is 1. The third kappa shape index (κ3) is 4.03. The molecule has 0 aromatic heterocycles. The molecule has 0 aliphatic rings. The molecule has 0 heterocycles. The van der Waals surface area contributed by atoms with Crippen LogP contribution in [0.4, 0.5) is 0 Å². The van der Waals surface area contributed by atoms with Crippen LogP contribution in [0, 0.1) is 0 Å². The fourth-order valence-electron chi connectivity index (χ4n) is 1.55. The van der Waals surface area contributed by atoms with Crippen molar-refractivity contribution >= 4 is 50.7 Å². The van der Waals surface area contributed by atoms with Crippen molar-refractivity contribution in [1.29, 1.82) is 0 Å². The zero-order chi connectivity index (χ0) is 13.8. The summed E-state index contributed by atoms with van der Waals surface area (Å²) in [4.78, 5) is 0. The van der Waals surface area contributed by atoms with Crippen molar-refractivity contribution in [2.75, 3.05) is 0 Å². The van der Waals surface area contributed by atoms with Gasteiger partial charge in [-0.15, -0.1) is 0 Å². The van der Waals surface area contributed by atoms with E-state index in [0.29, 0.717) is 27.4 Å². The van der Waals surface area contributed by atoms with E-state index in [0.717, 1.165) is 16.5 Å². The van der Waals surface area contributed by atoms with Gasteiger partial charge < -0.3 is 4.74 Å². The first-order valence-electron chi connectivity index (χ1n) is 5.51. The Labute approximate surface area is 135 Å². The zero-order valence-electron chi connectivity index (χ0n) is 9.80. The van der Waals surface area contributed by atoms with E-state index in [1.807, 2.05) is 18.2 Å². The normalized spacial score (nSPS) is 10.5. The lowest BCUT2D eigenvalue weighted by Crippen LogP contribution is -1.97. The molecule has 0 atom stereocenters. The second kappa shape index (κ2) is 6.85. The van der Waals surface area contributed by atoms with Gasteiger partial charge in [0.05, 0.1) is 5.02 Å². The average molecular weight is 380 g/mol. The van der Waals surface area contributed by atoms with Crippen LogP contribution in [0.3, 0.4) is 0 Å². The van der Waals surface area contributed by atoms with Gasteiger partial charge >= 0.3 is 0 Å². The summed E-state index contributed by atoms with van der Waals surface area (Å²) in [6.45, 7) is 0.326. The Balaban J connectivity index is 2.12. The zero-order valence-corrected chi connectivity index (χ0v) is 13.7. The Bertz CT molecular complexity index is 587. The van der Waals surface area contributed by atoms with Gasteiger partial charge in [-0.3, -0.25) is 0 Å². The molecule has 2 aromatic carbocycles. The van der Waals surface area contributed by atoms with Crippen LogP contribution in [0.25, 0.3) is 0 Å². The number of hydrogen-bond acceptors (Lipinski definition) is 1. The summed E-state index contributed by atoms with van der Waals surface area (Å²) in [6, 6.07) is 10.9. The van der Waals surface area contributed by atoms with E-state index in [1.165, 1.54) is 0 Å². The minimum absolute atomic E-state index is 0.326. The van der Waals surface area contributed by atoms with Gasteiger partial charge in [0.1, 0.15) is 12.4 Å². The lowest BCUT2D eigenvalue weighted by molar-refractivity contribution is 0.306. The van der Waals surface area contributed by atoms with Gasteiger partial charge in [-0.05, 0) is 35.9 Å². The molecule has 0 saturated heterocycles. The molecule has 1 nitrogen and oxygen atoms in total. The highest BCUT2D eigenvalue weighted by Gasteiger charge is 2.06. The summed E-state index contributed by atoms with van der Waals surface area (Å²) in [5.41, 5.74) is 1.92. The minimum atomic E-state index is 0.326. The van der Waals surface area contributed by atoms with Crippen molar-refractivity contribution in [2.45, 2.75) is 11.9 Å². The maximum atomic E-state index is 6.14. The van der Waals surface area contributed by atoms with Gasteiger partial charge in [0, 0.05) is 20.9 Å². The molecule has 0 fully saturated rings. The van der Waals surface area contributed by atoms with Crippen molar-refractivity contribution < 1.29 is 4.74 Å². The Morgan fingerprint density at radius 1 is 0.947 bits per heavy atom. The van der Waals surface area contributed by atoms with Crippen LogP contribution >= 0.6 is 50.7 Å². The molecule has 0 aliphatic carbocycles. The second-order valence-corrected chi connectivity index (χ2v) is 5.73. The maximum Gasteiger partial charge on any atom is 0.138 e. The molecule has 2 rings (SSSR count). The molecule has 100 valence electrons. The van der Waals surface area contributed by atoms with Gasteiger partial charge in [-0.25, -0.2) is 0 Å². The Kier molecular flexibility index (Phi) is 5.40. The Morgan fingerprint density at radius 3 is 2.42 bits per heavy atom. The lowest BCUT2D eigenvalue weighted by atomic mass is 10.2. The van der Waals surface area contributed by atoms with Gasteiger partial charge in [-0.1, -0.05) is 56.8 Å². The Morgan fingerprint density at radius 2 is 1.74 bits per heavy atom. The molecule has 0 bridgehead atoms. The van der Waals surface area contributed by atoms with Crippen LogP contribution in [0.15, 0.2) is 36.4 Å². The molecule has 0 radical (unpaired) electrons. The molecular weight excluding hydrogens is 370 g/mol. The largest absolute Gasteiger partial charge is 0.487 e. The van der Waals surface area contributed by atoms with Crippen molar-refractivity contribution in [3.63, 3.8) is 0 Å². The number of rotatable bonds is 4. The van der Waals surface area contributed by atoms with E-state index in [9.17, 15) is 0 Å². The highest BCUT2D eigenvalue weighted by atomic mass is 79.9. The monoisotopic (exact) mass is 378 g/mol. The highest BCUT2D eigenvalue weighted by molar-refractivity contribution is 9.08. The third-order valence-electron chi connectivity index (χ3n) is 2.54. The molecule has 19 heavy (non-hydrogen) atoms. The number of halogens is 4. The smallest absolute Gasteiger partial charge is 0.138 e. The number of ether oxygens (including phenoxy) is 1. The van der Waals surface area contributed by atoms with Crippen LogP contribution in [-0.2, 0) is 11.9 Å². The van der Waals surface area contributed by atoms with Crippen LogP contribution in [0.2, 0.25) is 15.1 Å². The molecule has 0 amide bonds. The van der Waals surface area contributed by atoms with Gasteiger partial charge in [0.2, 0.25) is 0 Å². The van der Waals surface area contributed by atoms with E-state index in [1.54, 1.807) is 18.2 Å². The van der Waals surface area contributed by atoms with Gasteiger partial charge in [-0.2, -0.15) is 0 Å². The highest BCUT2D eigenvalue weighted by Crippen LogP contribution is 2.28. The van der Waals surface area contributed by atoms with Crippen molar-refractivity contribution in [1.82, 2.24) is 0 Å². The molecule has 0 spiro atoms. The van der Waals surface area contributed by atoms with E-state index in [-0.39, 0.29) is 0 Å². The fourth-order valence-corrected chi connectivity index (χ4v) is 2.53. The first-order chi connectivity index (χ1) is 9.10. The lowest BCUT2D eigenvalue weighted by Gasteiger charge is -2.10. The summed E-state index contributed by atoms with van der Waals surface area (Å²) >= 11 is 21.5. The molecule has 0 aliphatic heterocycles. The topological polar surface area (TPSA) is 9.23 Å². The first-order valence-corrected chi connectivity index (χ1v) is 7.77. The van der Waals surface area contributed by atoms with E-state index in [4.69, 9.17) is 39.5 Å². The van der Waals surface area contributed by atoms with Crippen LogP contribution in [0.1, 0.15) is 11.1 Å².